The first kappa shape index (κ1) is 19.5. The molecule has 1 unspecified atom stereocenters. The van der Waals surface area contributed by atoms with Crippen molar-refractivity contribution in [1.82, 2.24) is 10.3 Å². The number of aromatic nitrogens is 1. The van der Waals surface area contributed by atoms with Crippen molar-refractivity contribution in [2.24, 2.45) is 11.1 Å². The number of nitrogens with two attached hydrogens (primary N) is 1. The monoisotopic (exact) mass is 383 g/mol. The maximum Gasteiger partial charge on any atom is 0.237 e. The lowest BCUT2D eigenvalue weighted by Gasteiger charge is -2.27. The molecule has 4 nitrogen and oxygen atoms in total. The SMILES string of the molecule is CC(C)(C)[C@H](N)C(=O)NCC(c1ccccc1Cl)c1c[nH]c2ccccc12. The Labute approximate surface area is 165 Å². The maximum absolute atomic E-state index is 12.6. The molecular formula is C22H26ClN3O. The van der Waals surface area contributed by atoms with Crippen LogP contribution in [0.2, 0.25) is 5.02 Å². The number of carbonyl (C=O) groups is 1. The first-order valence-electron chi connectivity index (χ1n) is 9.12. The third-order valence-electron chi connectivity index (χ3n) is 4.97. The molecule has 1 aromatic heterocycles. The Morgan fingerprint density at radius 2 is 1.78 bits per heavy atom. The highest BCUT2D eigenvalue weighted by Gasteiger charge is 2.28. The van der Waals surface area contributed by atoms with Crippen LogP contribution in [0.25, 0.3) is 10.9 Å². The molecule has 1 amide bonds. The average Bonchev–Trinajstić information content (AvgIpc) is 3.06. The predicted octanol–water partition coefficient (Wildman–Crippen LogP) is 4.44. The molecule has 3 rings (SSSR count). The van der Waals surface area contributed by atoms with E-state index in [1.807, 2.05) is 69.4 Å². The zero-order valence-electron chi connectivity index (χ0n) is 15.9. The summed E-state index contributed by atoms with van der Waals surface area (Å²) < 4.78 is 0. The van der Waals surface area contributed by atoms with Crippen LogP contribution in [0.4, 0.5) is 0 Å². The van der Waals surface area contributed by atoms with Gasteiger partial charge in [-0.1, -0.05) is 68.8 Å². The number of amides is 1. The van der Waals surface area contributed by atoms with Gasteiger partial charge in [-0.2, -0.15) is 0 Å². The van der Waals surface area contributed by atoms with Crippen LogP contribution >= 0.6 is 11.6 Å². The standard InChI is InChI=1S/C22H26ClN3O/c1-22(2,3)20(24)21(27)26-13-16(14-8-4-6-10-18(14)23)17-12-25-19-11-7-5-9-15(17)19/h4-12,16,20,25H,13,24H2,1-3H3,(H,26,27)/t16?,20-/m1/s1. The van der Waals surface area contributed by atoms with Crippen molar-refractivity contribution < 1.29 is 4.79 Å². The highest BCUT2D eigenvalue weighted by Crippen LogP contribution is 2.34. The third-order valence-corrected chi connectivity index (χ3v) is 5.32. The van der Waals surface area contributed by atoms with Gasteiger partial charge in [0.15, 0.2) is 0 Å². The Hall–Kier alpha value is -2.30. The minimum Gasteiger partial charge on any atom is -0.361 e. The molecule has 3 aromatic rings. The Kier molecular flexibility index (Phi) is 5.59. The normalized spacial score (nSPS) is 14.1. The summed E-state index contributed by atoms with van der Waals surface area (Å²) in [5, 5.41) is 4.84. The van der Waals surface area contributed by atoms with Crippen LogP contribution in [0.15, 0.2) is 54.7 Å². The van der Waals surface area contributed by atoms with Crippen LogP contribution in [0.3, 0.4) is 0 Å². The van der Waals surface area contributed by atoms with Gasteiger partial charge in [0.05, 0.1) is 6.04 Å². The maximum atomic E-state index is 12.6. The Morgan fingerprint density at radius 3 is 2.48 bits per heavy atom. The van der Waals surface area contributed by atoms with E-state index < -0.39 is 6.04 Å². The molecule has 2 atom stereocenters. The van der Waals surface area contributed by atoms with Crippen molar-refractivity contribution in [2.45, 2.75) is 32.7 Å². The summed E-state index contributed by atoms with van der Waals surface area (Å²) in [5.74, 6) is -0.231. The summed E-state index contributed by atoms with van der Waals surface area (Å²) in [5.41, 5.74) is 8.95. The zero-order chi connectivity index (χ0) is 19.6. The van der Waals surface area contributed by atoms with Gasteiger partial charge in [-0.15, -0.1) is 0 Å². The molecule has 0 fully saturated rings. The number of rotatable bonds is 5. The second-order valence-corrected chi connectivity index (χ2v) is 8.36. The number of fused-ring (bicyclic) bond motifs is 1. The largest absolute Gasteiger partial charge is 0.361 e. The van der Waals surface area contributed by atoms with Gasteiger partial charge in [0.25, 0.3) is 0 Å². The molecule has 142 valence electrons. The Bertz CT molecular complexity index is 942. The van der Waals surface area contributed by atoms with Crippen molar-refractivity contribution in [2.75, 3.05) is 6.54 Å². The van der Waals surface area contributed by atoms with E-state index in [4.69, 9.17) is 17.3 Å². The van der Waals surface area contributed by atoms with E-state index in [9.17, 15) is 4.79 Å². The molecule has 0 saturated carbocycles. The minimum atomic E-state index is -0.577. The van der Waals surface area contributed by atoms with E-state index in [0.717, 1.165) is 22.0 Å². The number of hydrogen-bond donors (Lipinski definition) is 3. The first-order chi connectivity index (χ1) is 12.8. The van der Waals surface area contributed by atoms with E-state index in [0.29, 0.717) is 11.6 Å². The molecular weight excluding hydrogens is 358 g/mol. The van der Waals surface area contributed by atoms with Crippen molar-refractivity contribution in [1.29, 1.82) is 0 Å². The molecule has 2 aromatic carbocycles. The van der Waals surface area contributed by atoms with Crippen molar-refractivity contribution >= 4 is 28.4 Å². The summed E-state index contributed by atoms with van der Waals surface area (Å²) in [6.07, 6.45) is 1.99. The molecule has 27 heavy (non-hydrogen) atoms. The number of benzene rings is 2. The van der Waals surface area contributed by atoms with Crippen molar-refractivity contribution in [3.63, 3.8) is 0 Å². The van der Waals surface area contributed by atoms with E-state index >= 15 is 0 Å². The molecule has 0 bridgehead atoms. The third kappa shape index (κ3) is 4.18. The molecule has 0 aliphatic rings. The van der Waals surface area contributed by atoms with E-state index in [1.54, 1.807) is 0 Å². The first-order valence-corrected chi connectivity index (χ1v) is 9.50. The van der Waals surface area contributed by atoms with Crippen LogP contribution in [0.1, 0.15) is 37.8 Å². The highest BCUT2D eigenvalue weighted by molar-refractivity contribution is 6.31. The van der Waals surface area contributed by atoms with Gasteiger partial charge in [-0.05, 0) is 28.7 Å². The van der Waals surface area contributed by atoms with Crippen LogP contribution in [-0.4, -0.2) is 23.5 Å². The number of carbonyl (C=O) groups excluding carboxylic acids is 1. The minimum absolute atomic E-state index is 0.0778. The summed E-state index contributed by atoms with van der Waals surface area (Å²) in [6.45, 7) is 6.31. The van der Waals surface area contributed by atoms with E-state index in [-0.39, 0.29) is 17.2 Å². The molecule has 0 aliphatic carbocycles. The van der Waals surface area contributed by atoms with Crippen LogP contribution in [0, 0.1) is 5.41 Å². The van der Waals surface area contributed by atoms with Gasteiger partial charge < -0.3 is 16.0 Å². The van der Waals surface area contributed by atoms with Gasteiger partial charge in [0.2, 0.25) is 5.91 Å². The summed E-state index contributed by atoms with van der Waals surface area (Å²) in [7, 11) is 0. The number of para-hydroxylation sites is 1. The van der Waals surface area contributed by atoms with Gasteiger partial charge >= 0.3 is 0 Å². The zero-order valence-corrected chi connectivity index (χ0v) is 16.7. The van der Waals surface area contributed by atoms with Crippen molar-refractivity contribution in [3.8, 4) is 0 Å². The molecule has 0 radical (unpaired) electrons. The molecule has 0 saturated heterocycles. The van der Waals surface area contributed by atoms with Crippen LogP contribution in [-0.2, 0) is 4.79 Å². The van der Waals surface area contributed by atoms with Gasteiger partial charge in [0, 0.05) is 34.6 Å². The van der Waals surface area contributed by atoms with E-state index in [1.165, 1.54) is 0 Å². The lowest BCUT2D eigenvalue weighted by Crippen LogP contribution is -2.49. The topological polar surface area (TPSA) is 70.9 Å². The number of nitrogens with one attached hydrogen (secondary N) is 2. The second kappa shape index (κ2) is 7.75. The molecule has 1 heterocycles. The highest BCUT2D eigenvalue weighted by atomic mass is 35.5. The van der Waals surface area contributed by atoms with E-state index in [2.05, 4.69) is 16.4 Å². The van der Waals surface area contributed by atoms with Gasteiger partial charge in [-0.25, -0.2) is 0 Å². The fraction of sp³-hybridized carbons (Fsp3) is 0.318. The molecule has 5 heteroatoms. The number of halogens is 1. The lowest BCUT2D eigenvalue weighted by atomic mass is 9.86. The predicted molar refractivity (Wildman–Crippen MR) is 112 cm³/mol. The molecule has 4 N–H and O–H groups in total. The van der Waals surface area contributed by atoms with Crippen molar-refractivity contribution in [3.05, 3.63) is 70.9 Å². The molecule has 0 aliphatic heterocycles. The van der Waals surface area contributed by atoms with Crippen LogP contribution in [0.5, 0.6) is 0 Å². The van der Waals surface area contributed by atoms with Gasteiger partial charge in [-0.3, -0.25) is 4.79 Å². The molecule has 0 spiro atoms. The van der Waals surface area contributed by atoms with Gasteiger partial charge in [0.1, 0.15) is 0 Å². The number of H-pyrrole nitrogens is 1. The summed E-state index contributed by atoms with van der Waals surface area (Å²) in [4.78, 5) is 15.9. The Balaban J connectivity index is 1.95. The summed E-state index contributed by atoms with van der Waals surface area (Å²) in [6, 6.07) is 15.3. The smallest absolute Gasteiger partial charge is 0.237 e. The number of aromatic amines is 1. The quantitative estimate of drug-likeness (QED) is 0.609. The fourth-order valence-electron chi connectivity index (χ4n) is 3.23. The fourth-order valence-corrected chi connectivity index (χ4v) is 3.50. The second-order valence-electron chi connectivity index (χ2n) is 7.95. The van der Waals surface area contributed by atoms with Crippen LogP contribution < -0.4 is 11.1 Å². The average molecular weight is 384 g/mol. The summed E-state index contributed by atoms with van der Waals surface area (Å²) >= 11 is 6.49. The lowest BCUT2D eigenvalue weighted by molar-refractivity contribution is -0.124. The number of hydrogen-bond acceptors (Lipinski definition) is 2. The Morgan fingerprint density at radius 1 is 1.11 bits per heavy atom.